The van der Waals surface area contributed by atoms with Crippen LogP contribution in [0.4, 0.5) is 17.1 Å². The first-order valence-electron chi connectivity index (χ1n) is 8.61. The van der Waals surface area contributed by atoms with E-state index in [1.54, 1.807) is 6.08 Å². The lowest BCUT2D eigenvalue weighted by atomic mass is 10.2. The molecule has 3 rings (SSSR count). The molecule has 0 aliphatic rings. The van der Waals surface area contributed by atoms with Crippen LogP contribution in [0.25, 0.3) is 6.08 Å². The first kappa shape index (κ1) is 19.1. The summed E-state index contributed by atoms with van der Waals surface area (Å²) < 4.78 is 0. The molecular formula is C22H18N4OS. The molecule has 0 saturated carbocycles. The average molecular weight is 386 g/mol. The number of thiocarbonyl (C=S) groups is 1. The Hall–Kier alpha value is -3.64. The Bertz CT molecular complexity index is 984. The third-order valence-corrected chi connectivity index (χ3v) is 3.83. The number of carbonyl (C=O) groups is 1. The van der Waals surface area contributed by atoms with E-state index in [9.17, 15) is 4.79 Å². The summed E-state index contributed by atoms with van der Waals surface area (Å²) >= 11 is 5.17. The number of amides is 1. The molecule has 0 bridgehead atoms. The second-order valence-corrected chi connectivity index (χ2v) is 6.18. The van der Waals surface area contributed by atoms with E-state index in [1.807, 2.05) is 84.9 Å². The molecule has 0 atom stereocenters. The van der Waals surface area contributed by atoms with E-state index in [4.69, 9.17) is 12.2 Å². The van der Waals surface area contributed by atoms with Crippen molar-refractivity contribution in [2.45, 2.75) is 0 Å². The molecule has 0 heterocycles. The number of benzene rings is 3. The maximum absolute atomic E-state index is 11.9. The highest BCUT2D eigenvalue weighted by Gasteiger charge is 2.02. The van der Waals surface area contributed by atoms with Gasteiger partial charge in [-0.15, -0.1) is 0 Å². The molecule has 138 valence electrons. The van der Waals surface area contributed by atoms with Gasteiger partial charge in [-0.25, -0.2) is 0 Å². The van der Waals surface area contributed by atoms with Gasteiger partial charge in [0.05, 0.1) is 11.4 Å². The van der Waals surface area contributed by atoms with E-state index in [0.29, 0.717) is 0 Å². The predicted molar refractivity (Wildman–Crippen MR) is 117 cm³/mol. The average Bonchev–Trinajstić information content (AvgIpc) is 2.73. The van der Waals surface area contributed by atoms with E-state index in [2.05, 4.69) is 20.9 Å². The van der Waals surface area contributed by atoms with Crippen molar-refractivity contribution in [1.29, 1.82) is 0 Å². The van der Waals surface area contributed by atoms with Gasteiger partial charge in [0, 0.05) is 11.8 Å². The number of nitrogens with one attached hydrogen (secondary N) is 2. The van der Waals surface area contributed by atoms with Crippen LogP contribution in [0.2, 0.25) is 0 Å². The summed E-state index contributed by atoms with van der Waals surface area (Å²) in [5, 5.41) is 14.2. The van der Waals surface area contributed by atoms with Gasteiger partial charge in [0.1, 0.15) is 0 Å². The smallest absolute Gasteiger partial charge is 0.250 e. The molecule has 0 fully saturated rings. The summed E-state index contributed by atoms with van der Waals surface area (Å²) in [5.74, 6) is -0.297. The molecule has 3 aromatic carbocycles. The Labute approximate surface area is 168 Å². The fourth-order valence-electron chi connectivity index (χ4n) is 2.27. The number of anilines is 1. The predicted octanol–water partition coefficient (Wildman–Crippen LogP) is 5.63. The van der Waals surface area contributed by atoms with Gasteiger partial charge >= 0.3 is 0 Å². The summed E-state index contributed by atoms with van der Waals surface area (Å²) in [6.07, 6.45) is 3.17. The number of rotatable bonds is 5. The van der Waals surface area contributed by atoms with Crippen LogP contribution in [0.1, 0.15) is 5.56 Å². The molecule has 0 aliphatic heterocycles. The van der Waals surface area contributed by atoms with Gasteiger partial charge in [-0.2, -0.15) is 10.2 Å². The highest BCUT2D eigenvalue weighted by Crippen LogP contribution is 2.19. The van der Waals surface area contributed by atoms with Crippen molar-refractivity contribution >= 4 is 46.4 Å². The molecule has 0 radical (unpaired) electrons. The minimum absolute atomic E-state index is 0.223. The van der Waals surface area contributed by atoms with Crippen LogP contribution in [0.15, 0.2) is 101 Å². The van der Waals surface area contributed by atoms with E-state index < -0.39 is 0 Å². The summed E-state index contributed by atoms with van der Waals surface area (Å²) in [5.41, 5.74) is 3.19. The van der Waals surface area contributed by atoms with Crippen LogP contribution < -0.4 is 10.6 Å². The van der Waals surface area contributed by atoms with E-state index in [-0.39, 0.29) is 11.0 Å². The van der Waals surface area contributed by atoms with E-state index >= 15 is 0 Å². The topological polar surface area (TPSA) is 65.8 Å². The van der Waals surface area contributed by atoms with Crippen LogP contribution in [-0.2, 0) is 4.79 Å². The number of hydrogen-bond donors (Lipinski definition) is 2. The van der Waals surface area contributed by atoms with Crippen molar-refractivity contribution in [3.8, 4) is 0 Å². The largest absolute Gasteiger partial charge is 0.332 e. The zero-order valence-corrected chi connectivity index (χ0v) is 15.8. The van der Waals surface area contributed by atoms with Crippen LogP contribution >= 0.6 is 12.2 Å². The second-order valence-electron chi connectivity index (χ2n) is 5.77. The van der Waals surface area contributed by atoms with E-state index in [1.165, 1.54) is 6.08 Å². The summed E-state index contributed by atoms with van der Waals surface area (Å²) in [6.45, 7) is 0. The lowest BCUT2D eigenvalue weighted by molar-refractivity contribution is -0.115. The lowest BCUT2D eigenvalue weighted by Gasteiger charge is -2.08. The zero-order valence-electron chi connectivity index (χ0n) is 14.9. The second kappa shape index (κ2) is 9.89. The van der Waals surface area contributed by atoms with Gasteiger partial charge in [-0.3, -0.25) is 10.1 Å². The molecule has 0 saturated heterocycles. The Kier molecular flexibility index (Phi) is 6.76. The fourth-order valence-corrected chi connectivity index (χ4v) is 2.49. The van der Waals surface area contributed by atoms with Crippen molar-refractivity contribution in [1.82, 2.24) is 5.32 Å². The molecule has 0 aliphatic carbocycles. The van der Waals surface area contributed by atoms with Crippen LogP contribution in [0, 0.1) is 0 Å². The van der Waals surface area contributed by atoms with Crippen LogP contribution in [0.5, 0.6) is 0 Å². The van der Waals surface area contributed by atoms with Crippen molar-refractivity contribution in [3.63, 3.8) is 0 Å². The maximum atomic E-state index is 11.9. The van der Waals surface area contributed by atoms with Gasteiger partial charge in [-0.05, 0) is 60.3 Å². The number of nitrogens with zero attached hydrogens (tertiary/aromatic N) is 2. The van der Waals surface area contributed by atoms with Crippen molar-refractivity contribution in [2.24, 2.45) is 10.2 Å². The standard InChI is InChI=1S/C22H18N4OS/c27-21(16-11-17-7-3-1-4-8-17)24-22(28)23-18-12-14-20(15-13-18)26-25-19-9-5-2-6-10-19/h1-16H,(H2,23,24,27,28)/b16-11+,26-25?. The van der Waals surface area contributed by atoms with Gasteiger partial charge in [-0.1, -0.05) is 48.5 Å². The van der Waals surface area contributed by atoms with Gasteiger partial charge < -0.3 is 5.32 Å². The molecular weight excluding hydrogens is 368 g/mol. The lowest BCUT2D eigenvalue weighted by Crippen LogP contribution is -2.32. The first-order chi connectivity index (χ1) is 13.7. The fraction of sp³-hybridized carbons (Fsp3) is 0. The van der Waals surface area contributed by atoms with Crippen molar-refractivity contribution in [3.05, 3.63) is 96.6 Å². The minimum Gasteiger partial charge on any atom is -0.332 e. The molecule has 3 aromatic rings. The van der Waals surface area contributed by atoms with Gasteiger partial charge in [0.2, 0.25) is 5.91 Å². The Morgan fingerprint density at radius 2 is 1.36 bits per heavy atom. The Balaban J connectivity index is 1.50. The molecule has 28 heavy (non-hydrogen) atoms. The molecule has 2 N–H and O–H groups in total. The number of carbonyl (C=O) groups excluding carboxylic acids is 1. The summed E-state index contributed by atoms with van der Waals surface area (Å²) in [4.78, 5) is 11.9. The minimum atomic E-state index is -0.297. The number of azo groups is 1. The quantitative estimate of drug-likeness (QED) is 0.339. The van der Waals surface area contributed by atoms with E-state index in [0.717, 1.165) is 22.6 Å². The van der Waals surface area contributed by atoms with Crippen molar-refractivity contribution < 1.29 is 4.79 Å². The summed E-state index contributed by atoms with van der Waals surface area (Å²) in [7, 11) is 0. The highest BCUT2D eigenvalue weighted by atomic mass is 32.1. The van der Waals surface area contributed by atoms with Crippen LogP contribution in [-0.4, -0.2) is 11.0 Å². The maximum Gasteiger partial charge on any atom is 0.250 e. The van der Waals surface area contributed by atoms with Crippen molar-refractivity contribution in [2.75, 3.05) is 5.32 Å². The SMILES string of the molecule is O=C(/C=C/c1ccccc1)NC(=S)Nc1ccc(N=Nc2ccccc2)cc1. The molecule has 0 aromatic heterocycles. The highest BCUT2D eigenvalue weighted by molar-refractivity contribution is 7.80. The molecule has 6 heteroatoms. The molecule has 1 amide bonds. The van der Waals surface area contributed by atoms with Gasteiger partial charge in [0.15, 0.2) is 5.11 Å². The molecule has 0 unspecified atom stereocenters. The molecule has 0 spiro atoms. The Morgan fingerprint density at radius 1 is 0.786 bits per heavy atom. The Morgan fingerprint density at radius 3 is 2.00 bits per heavy atom. The third kappa shape index (κ3) is 6.26. The zero-order chi connectivity index (χ0) is 19.6. The number of hydrogen-bond acceptors (Lipinski definition) is 4. The third-order valence-electron chi connectivity index (χ3n) is 3.63. The normalized spacial score (nSPS) is 10.9. The molecule has 5 nitrogen and oxygen atoms in total. The monoisotopic (exact) mass is 386 g/mol. The summed E-state index contributed by atoms with van der Waals surface area (Å²) in [6, 6.07) is 26.3. The van der Waals surface area contributed by atoms with Gasteiger partial charge in [0.25, 0.3) is 0 Å². The van der Waals surface area contributed by atoms with Crippen LogP contribution in [0.3, 0.4) is 0 Å². The first-order valence-corrected chi connectivity index (χ1v) is 9.02.